The SMILES string of the molecule is N=C(N)c1cccc(C(=O)c2cccc(N)c2N)c1. The van der Waals surface area contributed by atoms with Gasteiger partial charge in [0.05, 0.1) is 11.4 Å². The number of rotatable bonds is 3. The zero-order valence-corrected chi connectivity index (χ0v) is 10.2. The molecule has 2 aromatic carbocycles. The van der Waals surface area contributed by atoms with Crippen molar-refractivity contribution in [1.29, 1.82) is 5.41 Å². The highest BCUT2D eigenvalue weighted by Crippen LogP contribution is 2.22. The number of hydrogen-bond acceptors (Lipinski definition) is 4. The number of carbonyl (C=O) groups excluding carboxylic acids is 1. The smallest absolute Gasteiger partial charge is 0.195 e. The van der Waals surface area contributed by atoms with Crippen LogP contribution in [0.5, 0.6) is 0 Å². The maximum atomic E-state index is 12.3. The molecule has 5 heteroatoms. The summed E-state index contributed by atoms with van der Waals surface area (Å²) in [5.41, 5.74) is 18.8. The molecule has 7 N–H and O–H groups in total. The third-order valence-electron chi connectivity index (χ3n) is 2.82. The summed E-state index contributed by atoms with van der Waals surface area (Å²) >= 11 is 0. The predicted molar refractivity (Wildman–Crippen MR) is 76.2 cm³/mol. The molecule has 5 nitrogen and oxygen atoms in total. The fourth-order valence-electron chi connectivity index (χ4n) is 1.76. The highest BCUT2D eigenvalue weighted by molar-refractivity contribution is 6.14. The van der Waals surface area contributed by atoms with Gasteiger partial charge in [0.25, 0.3) is 0 Å². The molecule has 0 spiro atoms. The summed E-state index contributed by atoms with van der Waals surface area (Å²) in [7, 11) is 0. The second-order valence-electron chi connectivity index (χ2n) is 4.13. The molecule has 0 aliphatic heterocycles. The van der Waals surface area contributed by atoms with E-state index >= 15 is 0 Å². The van der Waals surface area contributed by atoms with Crippen molar-refractivity contribution in [2.24, 2.45) is 5.73 Å². The molecule has 2 rings (SSSR count). The van der Waals surface area contributed by atoms with Crippen LogP contribution in [0.15, 0.2) is 42.5 Å². The molecule has 19 heavy (non-hydrogen) atoms. The third-order valence-corrected chi connectivity index (χ3v) is 2.82. The molecular weight excluding hydrogens is 240 g/mol. The number of amidine groups is 1. The van der Waals surface area contributed by atoms with Crippen LogP contribution in [0.25, 0.3) is 0 Å². The lowest BCUT2D eigenvalue weighted by Gasteiger charge is -2.08. The number of ketones is 1. The van der Waals surface area contributed by atoms with Crippen LogP contribution in [0, 0.1) is 5.41 Å². The van der Waals surface area contributed by atoms with Gasteiger partial charge in [-0.2, -0.15) is 0 Å². The number of hydrogen-bond donors (Lipinski definition) is 4. The van der Waals surface area contributed by atoms with E-state index in [2.05, 4.69) is 0 Å². The second-order valence-corrected chi connectivity index (χ2v) is 4.13. The number of para-hydroxylation sites is 1. The number of nitrogens with two attached hydrogens (primary N) is 3. The van der Waals surface area contributed by atoms with Gasteiger partial charge in [0.15, 0.2) is 5.78 Å². The standard InChI is InChI=1S/C14H14N4O/c15-11-6-2-5-10(12(11)16)13(19)8-3-1-4-9(7-8)14(17)18/h1-7H,15-16H2,(H3,17,18). The number of nitrogens with one attached hydrogen (secondary N) is 1. The van der Waals surface area contributed by atoms with Crippen LogP contribution < -0.4 is 17.2 Å². The van der Waals surface area contributed by atoms with Gasteiger partial charge in [-0.25, -0.2) is 0 Å². The average Bonchev–Trinajstić information content (AvgIpc) is 2.41. The van der Waals surface area contributed by atoms with Crippen molar-refractivity contribution in [2.45, 2.75) is 0 Å². The first kappa shape index (κ1) is 12.6. The summed E-state index contributed by atoms with van der Waals surface area (Å²) in [5, 5.41) is 7.38. The first-order valence-electron chi connectivity index (χ1n) is 5.64. The second kappa shape index (κ2) is 4.81. The summed E-state index contributed by atoms with van der Waals surface area (Å²) in [6, 6.07) is 11.5. The zero-order chi connectivity index (χ0) is 14.0. The van der Waals surface area contributed by atoms with Gasteiger partial charge in [0, 0.05) is 16.7 Å². The zero-order valence-electron chi connectivity index (χ0n) is 10.2. The molecule has 0 aromatic heterocycles. The highest BCUT2D eigenvalue weighted by atomic mass is 16.1. The highest BCUT2D eigenvalue weighted by Gasteiger charge is 2.14. The molecule has 0 saturated heterocycles. The molecule has 0 heterocycles. The summed E-state index contributed by atoms with van der Waals surface area (Å²) in [4.78, 5) is 12.3. The maximum absolute atomic E-state index is 12.3. The van der Waals surface area contributed by atoms with Gasteiger partial charge in [-0.1, -0.05) is 24.3 Å². The lowest BCUT2D eigenvalue weighted by atomic mass is 9.99. The fourth-order valence-corrected chi connectivity index (χ4v) is 1.76. The number of nitrogen functional groups attached to an aromatic ring is 3. The Hall–Kier alpha value is -2.82. The van der Waals surface area contributed by atoms with Gasteiger partial charge in [-0.05, 0) is 18.2 Å². The lowest BCUT2D eigenvalue weighted by molar-refractivity contribution is 0.103. The van der Waals surface area contributed by atoms with E-state index in [0.717, 1.165) is 0 Å². The molecule has 0 aliphatic rings. The molecule has 96 valence electrons. The normalized spacial score (nSPS) is 10.1. The Labute approximate surface area is 110 Å². The Kier molecular flexibility index (Phi) is 3.20. The van der Waals surface area contributed by atoms with Crippen LogP contribution in [-0.4, -0.2) is 11.6 Å². The van der Waals surface area contributed by atoms with Gasteiger partial charge in [-0.15, -0.1) is 0 Å². The Morgan fingerprint density at radius 1 is 1.00 bits per heavy atom. The molecule has 0 fully saturated rings. The molecule has 0 aliphatic carbocycles. The van der Waals surface area contributed by atoms with E-state index in [0.29, 0.717) is 22.4 Å². The molecular formula is C14H14N4O. The summed E-state index contributed by atoms with van der Waals surface area (Å²) in [6.45, 7) is 0. The topological polar surface area (TPSA) is 119 Å². The maximum Gasteiger partial charge on any atom is 0.195 e. The van der Waals surface area contributed by atoms with Crippen LogP contribution in [0.4, 0.5) is 11.4 Å². The van der Waals surface area contributed by atoms with Crippen molar-refractivity contribution in [3.8, 4) is 0 Å². The Morgan fingerprint density at radius 3 is 2.32 bits per heavy atom. The van der Waals surface area contributed by atoms with E-state index in [1.165, 1.54) is 0 Å². The van der Waals surface area contributed by atoms with Gasteiger partial charge in [-0.3, -0.25) is 10.2 Å². The van der Waals surface area contributed by atoms with Crippen molar-refractivity contribution in [3.63, 3.8) is 0 Å². The summed E-state index contributed by atoms with van der Waals surface area (Å²) in [6.07, 6.45) is 0. The summed E-state index contributed by atoms with van der Waals surface area (Å²) < 4.78 is 0. The minimum Gasteiger partial charge on any atom is -0.397 e. The van der Waals surface area contributed by atoms with Crippen molar-refractivity contribution < 1.29 is 4.79 Å². The Morgan fingerprint density at radius 2 is 1.63 bits per heavy atom. The van der Waals surface area contributed by atoms with Gasteiger partial charge in [0.1, 0.15) is 5.84 Å². The van der Waals surface area contributed by atoms with Crippen LogP contribution >= 0.6 is 0 Å². The minimum atomic E-state index is -0.243. The molecule has 0 bridgehead atoms. The largest absolute Gasteiger partial charge is 0.397 e. The molecule has 0 saturated carbocycles. The van der Waals surface area contributed by atoms with Crippen molar-refractivity contribution >= 4 is 23.0 Å². The van der Waals surface area contributed by atoms with E-state index in [9.17, 15) is 4.79 Å². The molecule has 0 radical (unpaired) electrons. The third kappa shape index (κ3) is 2.40. The van der Waals surface area contributed by atoms with E-state index < -0.39 is 0 Å². The Balaban J connectivity index is 2.47. The lowest BCUT2D eigenvalue weighted by Crippen LogP contribution is -2.13. The fraction of sp³-hybridized carbons (Fsp3) is 0. The quantitative estimate of drug-likeness (QED) is 0.286. The van der Waals surface area contributed by atoms with E-state index in [4.69, 9.17) is 22.6 Å². The summed E-state index contributed by atoms with van der Waals surface area (Å²) in [5.74, 6) is -0.330. The first-order valence-corrected chi connectivity index (χ1v) is 5.64. The number of carbonyl (C=O) groups is 1. The van der Waals surface area contributed by atoms with Crippen molar-refractivity contribution in [3.05, 3.63) is 59.2 Å². The van der Waals surface area contributed by atoms with Crippen molar-refractivity contribution in [2.75, 3.05) is 11.5 Å². The number of benzene rings is 2. The predicted octanol–water partition coefficient (Wildman–Crippen LogP) is 1.37. The van der Waals surface area contributed by atoms with Gasteiger partial charge in [0.2, 0.25) is 0 Å². The molecule has 0 amide bonds. The monoisotopic (exact) mass is 254 g/mol. The molecule has 0 atom stereocenters. The van der Waals surface area contributed by atoms with Crippen LogP contribution in [0.3, 0.4) is 0 Å². The Bertz CT molecular complexity index is 664. The van der Waals surface area contributed by atoms with E-state index in [1.807, 2.05) is 0 Å². The van der Waals surface area contributed by atoms with Gasteiger partial charge >= 0.3 is 0 Å². The number of anilines is 2. The average molecular weight is 254 g/mol. The van der Waals surface area contributed by atoms with Crippen LogP contribution in [0.1, 0.15) is 21.5 Å². The first-order chi connectivity index (χ1) is 9.00. The molecule has 0 unspecified atom stereocenters. The van der Waals surface area contributed by atoms with Gasteiger partial charge < -0.3 is 17.2 Å². The van der Waals surface area contributed by atoms with Crippen molar-refractivity contribution in [1.82, 2.24) is 0 Å². The van der Waals surface area contributed by atoms with E-state index in [1.54, 1.807) is 42.5 Å². The minimum absolute atomic E-state index is 0.0878. The molecule has 2 aromatic rings. The van der Waals surface area contributed by atoms with Crippen LogP contribution in [0.2, 0.25) is 0 Å². The van der Waals surface area contributed by atoms with E-state index in [-0.39, 0.29) is 17.3 Å². The van der Waals surface area contributed by atoms with Crippen LogP contribution in [-0.2, 0) is 0 Å².